The Labute approximate surface area is 120 Å². The van der Waals surface area contributed by atoms with Crippen LogP contribution < -0.4 is 0 Å². The van der Waals surface area contributed by atoms with E-state index in [4.69, 9.17) is 11.6 Å². The standard InChI is InChI=1S/C17H22ClN/c1-19-9-8-17-7-3-2-4-14(17)16(19)10-12-5-6-13(18)11-15(12)17/h5-6,11,14,16H,2-4,7-10H2,1H3/t14-,16+,17+/m0/s1. The molecule has 0 N–H and O–H groups in total. The highest BCUT2D eigenvalue weighted by Crippen LogP contribution is 2.55. The van der Waals surface area contributed by atoms with Crippen LogP contribution in [0.15, 0.2) is 18.2 Å². The molecule has 19 heavy (non-hydrogen) atoms. The molecule has 2 heteroatoms. The van der Waals surface area contributed by atoms with Crippen molar-refractivity contribution in [2.75, 3.05) is 13.6 Å². The van der Waals surface area contributed by atoms with Crippen LogP contribution in [-0.2, 0) is 11.8 Å². The second-order valence-electron chi connectivity index (χ2n) is 6.81. The van der Waals surface area contributed by atoms with Crippen molar-refractivity contribution in [1.82, 2.24) is 4.90 Å². The van der Waals surface area contributed by atoms with Crippen molar-refractivity contribution in [2.45, 2.75) is 50.0 Å². The zero-order valence-corrected chi connectivity index (χ0v) is 12.4. The first kappa shape index (κ1) is 12.2. The number of rotatable bonds is 0. The number of hydrogen-bond donors (Lipinski definition) is 0. The number of likely N-dealkylation sites (N-methyl/N-ethyl adjacent to an activating group) is 1. The van der Waals surface area contributed by atoms with Crippen molar-refractivity contribution in [3.8, 4) is 0 Å². The molecule has 2 fully saturated rings. The lowest BCUT2D eigenvalue weighted by Crippen LogP contribution is -2.59. The molecule has 1 aromatic carbocycles. The second-order valence-corrected chi connectivity index (χ2v) is 7.25. The van der Waals surface area contributed by atoms with E-state index in [1.807, 2.05) is 0 Å². The van der Waals surface area contributed by atoms with Crippen molar-refractivity contribution < 1.29 is 0 Å². The molecule has 4 rings (SSSR count). The average Bonchev–Trinajstić information content (AvgIpc) is 2.43. The summed E-state index contributed by atoms with van der Waals surface area (Å²) in [5.74, 6) is 0.867. The van der Waals surface area contributed by atoms with E-state index in [0.717, 1.165) is 17.0 Å². The highest BCUT2D eigenvalue weighted by molar-refractivity contribution is 6.30. The van der Waals surface area contributed by atoms with E-state index in [9.17, 15) is 0 Å². The van der Waals surface area contributed by atoms with Gasteiger partial charge in [-0.2, -0.15) is 0 Å². The number of benzene rings is 1. The van der Waals surface area contributed by atoms with Gasteiger partial charge in [0.25, 0.3) is 0 Å². The molecule has 1 heterocycles. The molecular weight excluding hydrogens is 254 g/mol. The van der Waals surface area contributed by atoms with E-state index >= 15 is 0 Å². The molecule has 0 radical (unpaired) electrons. The Morgan fingerprint density at radius 1 is 1.26 bits per heavy atom. The molecule has 1 aromatic rings. The van der Waals surface area contributed by atoms with E-state index in [2.05, 4.69) is 30.1 Å². The van der Waals surface area contributed by atoms with E-state index in [0.29, 0.717) is 5.41 Å². The molecule has 2 aliphatic carbocycles. The van der Waals surface area contributed by atoms with Gasteiger partial charge in [-0.15, -0.1) is 0 Å². The minimum atomic E-state index is 0.452. The summed E-state index contributed by atoms with van der Waals surface area (Å²) in [6, 6.07) is 7.42. The Hall–Kier alpha value is -0.530. The third-order valence-corrected chi connectivity index (χ3v) is 6.31. The molecule has 1 saturated carbocycles. The molecule has 0 unspecified atom stereocenters. The van der Waals surface area contributed by atoms with Gasteiger partial charge >= 0.3 is 0 Å². The van der Waals surface area contributed by atoms with Crippen molar-refractivity contribution in [1.29, 1.82) is 0 Å². The van der Waals surface area contributed by atoms with Gasteiger partial charge in [-0.3, -0.25) is 0 Å². The number of hydrogen-bond acceptors (Lipinski definition) is 1. The molecule has 0 spiro atoms. The van der Waals surface area contributed by atoms with Crippen molar-refractivity contribution in [3.63, 3.8) is 0 Å². The Balaban J connectivity index is 1.90. The highest BCUT2D eigenvalue weighted by Gasteiger charge is 2.52. The first-order valence-electron chi connectivity index (χ1n) is 7.70. The van der Waals surface area contributed by atoms with Gasteiger partial charge in [-0.05, 0) is 68.5 Å². The maximum atomic E-state index is 6.30. The van der Waals surface area contributed by atoms with E-state index in [1.165, 1.54) is 45.1 Å². The van der Waals surface area contributed by atoms with Crippen molar-refractivity contribution >= 4 is 11.6 Å². The lowest BCUT2D eigenvalue weighted by Gasteiger charge is -2.58. The maximum Gasteiger partial charge on any atom is 0.0409 e. The summed E-state index contributed by atoms with van der Waals surface area (Å²) in [7, 11) is 2.32. The molecule has 1 saturated heterocycles. The zero-order chi connectivity index (χ0) is 13.0. The maximum absolute atomic E-state index is 6.30. The second kappa shape index (κ2) is 4.23. The number of likely N-dealkylation sites (tertiary alicyclic amines) is 1. The van der Waals surface area contributed by atoms with Gasteiger partial charge in [0.15, 0.2) is 0 Å². The van der Waals surface area contributed by atoms with Gasteiger partial charge < -0.3 is 4.90 Å². The topological polar surface area (TPSA) is 3.24 Å². The van der Waals surface area contributed by atoms with Crippen LogP contribution >= 0.6 is 11.6 Å². The Morgan fingerprint density at radius 3 is 3.05 bits per heavy atom. The summed E-state index contributed by atoms with van der Waals surface area (Å²) in [6.07, 6.45) is 8.19. The van der Waals surface area contributed by atoms with Crippen LogP contribution in [0.1, 0.15) is 43.2 Å². The first-order chi connectivity index (χ1) is 9.21. The summed E-state index contributed by atoms with van der Waals surface area (Å²) >= 11 is 6.30. The zero-order valence-electron chi connectivity index (χ0n) is 11.7. The van der Waals surface area contributed by atoms with Gasteiger partial charge in [0.2, 0.25) is 0 Å². The van der Waals surface area contributed by atoms with Gasteiger partial charge in [0, 0.05) is 16.5 Å². The summed E-state index contributed by atoms with van der Waals surface area (Å²) in [6.45, 7) is 1.26. The molecule has 0 aromatic heterocycles. The van der Waals surface area contributed by atoms with E-state index < -0.39 is 0 Å². The summed E-state index contributed by atoms with van der Waals surface area (Å²) in [5, 5.41) is 0.926. The molecule has 102 valence electrons. The Morgan fingerprint density at radius 2 is 2.16 bits per heavy atom. The lowest BCUT2D eigenvalue weighted by atomic mass is 9.52. The SMILES string of the molecule is CN1CC[C@]23CCCC[C@H]2[C@H]1Cc1ccc(Cl)cc13. The molecule has 0 amide bonds. The quantitative estimate of drug-likeness (QED) is 0.691. The van der Waals surface area contributed by atoms with Crippen LogP contribution in [0.3, 0.4) is 0 Å². The monoisotopic (exact) mass is 275 g/mol. The minimum absolute atomic E-state index is 0.452. The fraction of sp³-hybridized carbons (Fsp3) is 0.647. The number of halogens is 1. The van der Waals surface area contributed by atoms with Crippen molar-refractivity contribution in [2.24, 2.45) is 5.92 Å². The third kappa shape index (κ3) is 1.64. The van der Waals surface area contributed by atoms with Crippen LogP contribution in [0.2, 0.25) is 5.02 Å². The minimum Gasteiger partial charge on any atom is -0.303 e. The lowest BCUT2D eigenvalue weighted by molar-refractivity contribution is 0.00287. The smallest absolute Gasteiger partial charge is 0.0409 e. The molecule has 2 bridgehead atoms. The average molecular weight is 276 g/mol. The normalized spacial score (nSPS) is 37.6. The van der Waals surface area contributed by atoms with Crippen LogP contribution in [0.25, 0.3) is 0 Å². The number of fused-ring (bicyclic) bond motifs is 1. The van der Waals surface area contributed by atoms with Crippen LogP contribution in [0.5, 0.6) is 0 Å². The van der Waals surface area contributed by atoms with Gasteiger partial charge in [-0.25, -0.2) is 0 Å². The number of nitrogens with zero attached hydrogens (tertiary/aromatic N) is 1. The fourth-order valence-electron chi connectivity index (χ4n) is 5.17. The molecular formula is C17H22ClN. The van der Waals surface area contributed by atoms with E-state index in [1.54, 1.807) is 11.1 Å². The summed E-state index contributed by atoms with van der Waals surface area (Å²) in [5.41, 5.74) is 3.63. The first-order valence-corrected chi connectivity index (χ1v) is 8.08. The van der Waals surface area contributed by atoms with Crippen LogP contribution in [-0.4, -0.2) is 24.5 Å². The molecule has 1 nitrogen and oxygen atoms in total. The fourth-order valence-corrected chi connectivity index (χ4v) is 5.34. The Kier molecular flexibility index (Phi) is 2.72. The van der Waals surface area contributed by atoms with Gasteiger partial charge in [-0.1, -0.05) is 30.5 Å². The summed E-state index contributed by atoms with van der Waals surface area (Å²) in [4.78, 5) is 2.62. The van der Waals surface area contributed by atoms with E-state index in [-0.39, 0.29) is 0 Å². The largest absolute Gasteiger partial charge is 0.303 e. The predicted octanol–water partition coefficient (Wildman–Crippen LogP) is 4.03. The van der Waals surface area contributed by atoms with Gasteiger partial charge in [0.05, 0.1) is 0 Å². The summed E-state index contributed by atoms with van der Waals surface area (Å²) < 4.78 is 0. The molecule has 1 aliphatic heterocycles. The van der Waals surface area contributed by atoms with Gasteiger partial charge in [0.1, 0.15) is 0 Å². The number of piperidine rings is 1. The Bertz CT molecular complexity index is 512. The predicted molar refractivity (Wildman–Crippen MR) is 79.8 cm³/mol. The molecule has 3 aliphatic rings. The van der Waals surface area contributed by atoms with Crippen LogP contribution in [0, 0.1) is 5.92 Å². The van der Waals surface area contributed by atoms with Crippen LogP contribution in [0.4, 0.5) is 0 Å². The highest BCUT2D eigenvalue weighted by atomic mass is 35.5. The molecule has 3 atom stereocenters. The third-order valence-electron chi connectivity index (χ3n) is 6.08. The van der Waals surface area contributed by atoms with Crippen molar-refractivity contribution in [3.05, 3.63) is 34.3 Å².